The molecule has 83 heavy (non-hydrogen) atoms. The Balaban J connectivity index is 1.45. The van der Waals surface area contributed by atoms with Gasteiger partial charge in [-0.2, -0.15) is 13.0 Å². The van der Waals surface area contributed by atoms with Gasteiger partial charge in [-0.05, 0) is 117 Å². The summed E-state index contributed by atoms with van der Waals surface area (Å²) in [6, 6.07) is 8.61. The number of anilines is 1. The molecule has 0 amide bonds. The van der Waals surface area contributed by atoms with Gasteiger partial charge in [-0.1, -0.05) is 12.1 Å². The Hall–Kier alpha value is -4.87. The van der Waals surface area contributed by atoms with Crippen molar-refractivity contribution in [2.75, 3.05) is 104 Å². The van der Waals surface area contributed by atoms with Crippen molar-refractivity contribution in [3.63, 3.8) is 0 Å². The molecule has 30 heteroatoms. The highest BCUT2D eigenvalue weighted by atomic mass is 32.2. The number of hydrogen-bond acceptors (Lipinski definition) is 22. The summed E-state index contributed by atoms with van der Waals surface area (Å²) in [5, 5.41) is 8.79. The number of carboxylic acids is 1. The molecule has 0 aliphatic carbocycles. The second-order valence-electron chi connectivity index (χ2n) is 20.0. The van der Waals surface area contributed by atoms with Gasteiger partial charge in [0.1, 0.15) is 47.0 Å². The summed E-state index contributed by atoms with van der Waals surface area (Å²) in [5.41, 5.74) is -0.522. The highest BCUT2D eigenvalue weighted by Crippen LogP contribution is 2.54. The van der Waals surface area contributed by atoms with Crippen molar-refractivity contribution in [2.45, 2.75) is 96.1 Å². The lowest BCUT2D eigenvalue weighted by Crippen LogP contribution is -2.32. The van der Waals surface area contributed by atoms with Gasteiger partial charge in [0.05, 0.1) is 96.8 Å². The van der Waals surface area contributed by atoms with Gasteiger partial charge >= 0.3 is 5.97 Å². The number of benzene rings is 4. The average molecular weight is 1260 g/mol. The van der Waals surface area contributed by atoms with E-state index in [4.69, 9.17) is 28.4 Å². The van der Waals surface area contributed by atoms with E-state index in [1.807, 2.05) is 4.90 Å². The minimum Gasteiger partial charge on any atom is -0.744 e. The van der Waals surface area contributed by atoms with E-state index < -0.39 is 92.7 Å². The number of fused-ring (bicyclic) bond motifs is 6. The molecule has 0 bridgehead atoms. The lowest BCUT2D eigenvalue weighted by atomic mass is 9.74. The molecule has 2 atom stereocenters. The van der Waals surface area contributed by atoms with E-state index >= 15 is 0 Å². The van der Waals surface area contributed by atoms with E-state index in [0.717, 1.165) is 12.1 Å². The van der Waals surface area contributed by atoms with Crippen LogP contribution < -0.4 is 4.90 Å². The monoisotopic (exact) mass is 1260 g/mol. The maximum Gasteiger partial charge on any atom is 0.303 e. The minimum absolute atomic E-state index is 0.00691. The van der Waals surface area contributed by atoms with Crippen molar-refractivity contribution in [3.05, 3.63) is 83.6 Å². The predicted molar refractivity (Wildman–Crippen MR) is 297 cm³/mol. The topological polar surface area (TPSA) is 382 Å². The summed E-state index contributed by atoms with van der Waals surface area (Å²) in [4.78, 5) is 9.34. The van der Waals surface area contributed by atoms with E-state index in [1.165, 1.54) is 18.2 Å². The second-order valence-corrected chi connectivity index (χ2v) is 27.1. The molecule has 2 unspecified atom stereocenters. The Morgan fingerprint density at radius 1 is 0.602 bits per heavy atom. The van der Waals surface area contributed by atoms with Gasteiger partial charge in [0, 0.05) is 73.0 Å². The number of carboxylic acid groups (broad SMARTS) is 1. The Morgan fingerprint density at radius 3 is 1.57 bits per heavy atom. The van der Waals surface area contributed by atoms with Crippen molar-refractivity contribution in [1.29, 1.82) is 0 Å². The zero-order valence-corrected chi connectivity index (χ0v) is 50.2. The number of rotatable bonds is 35. The fourth-order valence-corrected chi connectivity index (χ4v) is 13.9. The van der Waals surface area contributed by atoms with Gasteiger partial charge in [-0.15, -0.1) is 0 Å². The van der Waals surface area contributed by atoms with E-state index in [9.17, 15) is 74.8 Å². The van der Waals surface area contributed by atoms with Gasteiger partial charge in [0.25, 0.3) is 10.1 Å². The van der Waals surface area contributed by atoms with E-state index in [0.29, 0.717) is 93.0 Å². The SMILES string of the molecule is CCN1C(=CC=CC2=[N+](CCCCCC(=O)O)c3ccc4c(S(=O)(=O)[O-])cc(S(=O)(=O)[O-])cc4c3C2(C)CCCS(=O)(=O)O)C(C)(CCOCCOCCOCCOCCOCCOC)c2c1ccc1c(S(=O)(=O)[O-])cc(S(=O)(=O)[O-])cc21. The minimum atomic E-state index is -5.46. The molecule has 6 rings (SSSR count). The molecule has 4 aromatic rings. The van der Waals surface area contributed by atoms with Crippen molar-refractivity contribution >= 4 is 95.2 Å². The zero-order valence-electron chi connectivity index (χ0n) is 46.1. The number of aliphatic carboxylic acids is 1. The largest absolute Gasteiger partial charge is 0.744 e. The molecule has 25 nitrogen and oxygen atoms in total. The quantitative estimate of drug-likeness (QED) is 0.0360. The summed E-state index contributed by atoms with van der Waals surface area (Å²) in [6.07, 6.45) is 5.53. The normalized spacial score (nSPS) is 18.4. The van der Waals surface area contributed by atoms with Crippen molar-refractivity contribution in [1.82, 2.24) is 0 Å². The molecular formula is C53H67N2O23S5-3. The molecule has 0 saturated heterocycles. The molecule has 2 heterocycles. The highest BCUT2D eigenvalue weighted by Gasteiger charge is 2.49. The number of allylic oxidation sites excluding steroid dienone is 4. The van der Waals surface area contributed by atoms with E-state index in [-0.39, 0.29) is 105 Å². The third-order valence-electron chi connectivity index (χ3n) is 14.5. The first-order valence-electron chi connectivity index (χ1n) is 26.3. The lowest BCUT2D eigenvalue weighted by molar-refractivity contribution is -0.438. The van der Waals surface area contributed by atoms with Crippen LogP contribution in [0.1, 0.15) is 76.8 Å². The highest BCUT2D eigenvalue weighted by molar-refractivity contribution is 7.87. The molecule has 4 aromatic carbocycles. The van der Waals surface area contributed by atoms with Crippen LogP contribution in [-0.2, 0) is 94.6 Å². The number of likely N-dealkylation sites (N-methyl/N-ethyl adjacent to an activating group) is 1. The van der Waals surface area contributed by atoms with Crippen LogP contribution in [0.4, 0.5) is 11.4 Å². The van der Waals surface area contributed by atoms with Crippen LogP contribution in [0.25, 0.3) is 21.5 Å². The number of nitrogens with zero attached hydrogens (tertiary/aromatic N) is 2. The van der Waals surface area contributed by atoms with Gasteiger partial charge in [-0.25, -0.2) is 33.7 Å². The van der Waals surface area contributed by atoms with E-state index in [2.05, 4.69) is 0 Å². The van der Waals surface area contributed by atoms with Gasteiger partial charge < -0.3 is 56.6 Å². The fourth-order valence-electron chi connectivity index (χ4n) is 10.7. The van der Waals surface area contributed by atoms with Crippen LogP contribution in [0.15, 0.2) is 92.0 Å². The van der Waals surface area contributed by atoms with Gasteiger partial charge in [0.15, 0.2) is 5.71 Å². The molecular weight excluding hydrogens is 1190 g/mol. The predicted octanol–water partition coefficient (Wildman–Crippen LogP) is 4.64. The number of methoxy groups -OCH3 is 1. The number of hydrogen-bond donors (Lipinski definition) is 2. The summed E-state index contributed by atoms with van der Waals surface area (Å²) in [7, 11) is -24.6. The smallest absolute Gasteiger partial charge is 0.303 e. The first-order chi connectivity index (χ1) is 38.9. The molecule has 0 aromatic heterocycles. The number of unbranched alkanes of at least 4 members (excludes halogenated alkanes) is 2. The first-order valence-corrected chi connectivity index (χ1v) is 33.5. The average Bonchev–Trinajstić information content (AvgIpc) is 1.75. The Morgan fingerprint density at radius 2 is 1.10 bits per heavy atom. The maximum atomic E-state index is 12.8. The van der Waals surface area contributed by atoms with Crippen LogP contribution in [0, 0.1) is 0 Å². The molecule has 2 aliphatic heterocycles. The Kier molecular flexibility index (Phi) is 22.8. The first kappa shape index (κ1) is 67.3. The maximum absolute atomic E-state index is 12.8. The summed E-state index contributed by atoms with van der Waals surface area (Å²) < 4.78 is 222. The molecule has 0 saturated carbocycles. The van der Waals surface area contributed by atoms with Gasteiger partial charge in [-0.3, -0.25) is 9.35 Å². The van der Waals surface area contributed by atoms with Crippen LogP contribution in [0.2, 0.25) is 0 Å². The Labute approximate surface area is 483 Å². The number of ether oxygens (including phenoxy) is 6. The Bertz CT molecular complexity index is 3720. The summed E-state index contributed by atoms with van der Waals surface area (Å²) in [5.74, 6) is -1.79. The molecule has 0 fully saturated rings. The van der Waals surface area contributed by atoms with Crippen LogP contribution in [0.5, 0.6) is 0 Å². The summed E-state index contributed by atoms with van der Waals surface area (Å²) >= 11 is 0. The molecule has 2 aliphatic rings. The van der Waals surface area contributed by atoms with E-state index in [1.54, 1.807) is 56.8 Å². The molecule has 2 N–H and O–H groups in total. The van der Waals surface area contributed by atoms with Crippen molar-refractivity contribution in [2.24, 2.45) is 0 Å². The van der Waals surface area contributed by atoms with Crippen LogP contribution >= 0.6 is 0 Å². The standard InChI is InChI=1S/C53H70N2O23S5/c1-5-54-43-16-14-39-41(33-37(80(61,62)63)35-45(39)82(67,68)69)50(43)53(3,19-21-74-24-25-76-28-29-78-31-30-77-27-26-75-23-22-73-4)47(54)11-9-12-48-52(2,18-10-32-79(58,59)60)51-42-34-38(81(64,65)66)36-46(83(70,71)72)40(42)15-17-44(51)55(48)20-8-6-7-13-49(56)57/h9,11-12,14-17,33-36H,5-8,10,13,18-32H2,1-4H3,(H5-,56,57,58,59,60,61,62,63,64,65,66,67,68,69,70,71,72)/p-3. The fraction of sp³-hybridized carbons (Fsp3) is 0.509. The lowest BCUT2D eigenvalue weighted by Gasteiger charge is -2.30. The third kappa shape index (κ3) is 16.8. The van der Waals surface area contributed by atoms with Crippen molar-refractivity contribution < 1.29 is 108 Å². The molecule has 0 radical (unpaired) electrons. The van der Waals surface area contributed by atoms with Crippen molar-refractivity contribution in [3.8, 4) is 0 Å². The van der Waals surface area contributed by atoms with Crippen LogP contribution in [0.3, 0.4) is 0 Å². The molecule has 460 valence electrons. The molecule has 0 spiro atoms. The number of carbonyl (C=O) groups is 1. The zero-order chi connectivity index (χ0) is 61.2. The van der Waals surface area contributed by atoms with Gasteiger partial charge in [0.2, 0.25) is 5.69 Å². The van der Waals surface area contributed by atoms with Crippen LogP contribution in [-0.4, -0.2) is 185 Å². The summed E-state index contributed by atoms with van der Waals surface area (Å²) in [6.45, 7) is 8.75. The second kappa shape index (κ2) is 28.1. The third-order valence-corrected chi connectivity index (χ3v) is 18.6.